The summed E-state index contributed by atoms with van der Waals surface area (Å²) < 4.78 is 11.3. The van der Waals surface area contributed by atoms with E-state index in [4.69, 9.17) is 21.1 Å². The molecule has 0 radical (unpaired) electrons. The number of hydrogen-bond donors (Lipinski definition) is 2. The number of nitrogens with zero attached hydrogens (tertiary/aromatic N) is 3. The van der Waals surface area contributed by atoms with Crippen LogP contribution in [0.3, 0.4) is 0 Å². The third-order valence-corrected chi connectivity index (χ3v) is 5.47. The van der Waals surface area contributed by atoms with E-state index in [0.29, 0.717) is 75.5 Å². The summed E-state index contributed by atoms with van der Waals surface area (Å²) >= 11 is 6.38. The van der Waals surface area contributed by atoms with Crippen molar-refractivity contribution in [2.75, 3.05) is 44.5 Å². The molecule has 36 heavy (non-hydrogen) atoms. The number of likely N-dealkylation sites (N-methyl/N-ethyl adjacent to an activating group) is 1. The summed E-state index contributed by atoms with van der Waals surface area (Å²) in [5.74, 6) is 0.784. The zero-order valence-electron chi connectivity index (χ0n) is 21.1. The zero-order chi connectivity index (χ0) is 26.2. The van der Waals surface area contributed by atoms with Crippen molar-refractivity contribution in [2.45, 2.75) is 20.8 Å². The van der Waals surface area contributed by atoms with E-state index >= 15 is 0 Å². The second-order valence-corrected chi connectivity index (χ2v) is 8.62. The van der Waals surface area contributed by atoms with Crippen molar-refractivity contribution in [2.24, 2.45) is 0 Å². The van der Waals surface area contributed by atoms with Gasteiger partial charge in [-0.2, -0.15) is 5.26 Å². The van der Waals surface area contributed by atoms with Gasteiger partial charge in [-0.05, 0) is 59.1 Å². The van der Waals surface area contributed by atoms with Gasteiger partial charge in [0.2, 0.25) is 5.91 Å². The van der Waals surface area contributed by atoms with E-state index in [0.717, 1.165) is 0 Å². The normalized spacial score (nSPS) is 11.1. The molecule has 0 bridgehead atoms. The fraction of sp³-hybridized carbons (Fsp3) is 0.296. The molecule has 0 fully saturated rings. The lowest BCUT2D eigenvalue weighted by Gasteiger charge is -2.17. The van der Waals surface area contributed by atoms with Gasteiger partial charge in [-0.1, -0.05) is 17.7 Å². The molecule has 0 aliphatic carbocycles. The number of fused-ring (bicyclic) bond motifs is 1. The van der Waals surface area contributed by atoms with Crippen molar-refractivity contribution >= 4 is 45.5 Å². The maximum absolute atomic E-state index is 12.6. The van der Waals surface area contributed by atoms with Gasteiger partial charge in [0.25, 0.3) is 0 Å². The van der Waals surface area contributed by atoms with Crippen molar-refractivity contribution in [3.05, 3.63) is 58.8 Å². The number of benzene rings is 2. The molecule has 9 heteroatoms. The Labute approximate surface area is 216 Å². The number of anilines is 3. The predicted molar refractivity (Wildman–Crippen MR) is 145 cm³/mol. The minimum atomic E-state index is -0.287. The molecule has 3 aromatic rings. The monoisotopic (exact) mass is 507 g/mol. The first kappa shape index (κ1) is 26.8. The highest BCUT2D eigenvalue weighted by molar-refractivity contribution is 6.32. The highest BCUT2D eigenvalue weighted by Gasteiger charge is 2.18. The van der Waals surface area contributed by atoms with E-state index in [2.05, 4.69) is 21.7 Å². The standard InChI is InChI=1S/C27H30ClN5O3/c1-6-35-24-11-10-18(13-21(24)28)31-27-19-14-23(32-26(34)9-8-12-33(4)5)25(36-7-2)15-22(19)30-17(3)20(27)16-29/h8-11,13-15H,6-7,12H2,1-5H3,(H,30,31)(H,32,34)/b9-8+. The molecule has 1 aromatic heterocycles. The van der Waals surface area contributed by atoms with Gasteiger partial charge in [-0.15, -0.1) is 0 Å². The minimum absolute atomic E-state index is 0.287. The quantitative estimate of drug-likeness (QED) is 0.341. The Kier molecular flexibility index (Phi) is 9.12. The van der Waals surface area contributed by atoms with Gasteiger partial charge < -0.3 is 25.0 Å². The molecule has 8 nitrogen and oxygen atoms in total. The first-order valence-corrected chi connectivity index (χ1v) is 12.0. The second kappa shape index (κ2) is 12.2. The number of nitrogens with one attached hydrogen (secondary N) is 2. The summed E-state index contributed by atoms with van der Waals surface area (Å²) in [7, 11) is 3.85. The van der Waals surface area contributed by atoms with Crippen molar-refractivity contribution in [1.29, 1.82) is 5.26 Å². The number of aryl methyl sites for hydroxylation is 1. The lowest BCUT2D eigenvalue weighted by Crippen LogP contribution is -2.13. The van der Waals surface area contributed by atoms with Crippen LogP contribution in [0.15, 0.2) is 42.5 Å². The Balaban J connectivity index is 2.10. The largest absolute Gasteiger partial charge is 0.492 e. The second-order valence-electron chi connectivity index (χ2n) is 8.21. The first-order chi connectivity index (χ1) is 17.3. The van der Waals surface area contributed by atoms with E-state index in [1.165, 1.54) is 6.08 Å². The Hall–Kier alpha value is -3.80. The van der Waals surface area contributed by atoms with Crippen LogP contribution < -0.4 is 20.1 Å². The molecule has 0 unspecified atom stereocenters. The molecule has 0 saturated heterocycles. The van der Waals surface area contributed by atoms with Crippen LogP contribution in [0.25, 0.3) is 10.9 Å². The Bertz CT molecular complexity index is 1330. The first-order valence-electron chi connectivity index (χ1n) is 11.6. The van der Waals surface area contributed by atoms with Gasteiger partial charge in [0.05, 0.1) is 46.4 Å². The summed E-state index contributed by atoms with van der Waals surface area (Å²) in [5, 5.41) is 17.2. The van der Waals surface area contributed by atoms with Gasteiger partial charge >= 0.3 is 0 Å². The maximum atomic E-state index is 12.6. The van der Waals surface area contributed by atoms with Gasteiger partial charge in [0.15, 0.2) is 0 Å². The molecular formula is C27H30ClN5O3. The van der Waals surface area contributed by atoms with Gasteiger partial charge in [-0.3, -0.25) is 9.78 Å². The highest BCUT2D eigenvalue weighted by Crippen LogP contribution is 2.38. The van der Waals surface area contributed by atoms with Crippen LogP contribution in [0, 0.1) is 18.3 Å². The van der Waals surface area contributed by atoms with Crippen LogP contribution in [-0.2, 0) is 4.79 Å². The van der Waals surface area contributed by atoms with E-state index in [1.54, 1.807) is 37.3 Å². The van der Waals surface area contributed by atoms with Crippen molar-refractivity contribution in [3.8, 4) is 17.6 Å². The summed E-state index contributed by atoms with van der Waals surface area (Å²) in [4.78, 5) is 19.1. The third kappa shape index (κ3) is 6.45. The van der Waals surface area contributed by atoms with Gasteiger partial charge in [0.1, 0.15) is 17.6 Å². The Morgan fingerprint density at radius 2 is 1.89 bits per heavy atom. The van der Waals surface area contributed by atoms with Crippen molar-refractivity contribution < 1.29 is 14.3 Å². The molecule has 2 aromatic carbocycles. The number of halogens is 1. The van der Waals surface area contributed by atoms with Crippen molar-refractivity contribution in [3.63, 3.8) is 0 Å². The molecular weight excluding hydrogens is 478 g/mol. The number of carbonyl (C=O) groups is 1. The van der Waals surface area contributed by atoms with Crippen LogP contribution in [0.4, 0.5) is 17.1 Å². The van der Waals surface area contributed by atoms with Crippen LogP contribution in [0.2, 0.25) is 5.02 Å². The molecule has 0 spiro atoms. The summed E-state index contributed by atoms with van der Waals surface area (Å²) in [6, 6.07) is 11.1. The molecule has 0 saturated carbocycles. The number of aromatic nitrogens is 1. The number of pyridine rings is 1. The number of amides is 1. The van der Waals surface area contributed by atoms with Crippen molar-refractivity contribution in [1.82, 2.24) is 9.88 Å². The van der Waals surface area contributed by atoms with E-state index in [-0.39, 0.29) is 5.91 Å². The average molecular weight is 508 g/mol. The summed E-state index contributed by atoms with van der Waals surface area (Å²) in [5.41, 5.74) is 3.29. The van der Waals surface area contributed by atoms with E-state index in [1.807, 2.05) is 38.9 Å². The van der Waals surface area contributed by atoms with Crippen LogP contribution in [0.1, 0.15) is 25.1 Å². The van der Waals surface area contributed by atoms with E-state index in [9.17, 15) is 10.1 Å². The van der Waals surface area contributed by atoms with Crippen LogP contribution in [0.5, 0.6) is 11.5 Å². The summed E-state index contributed by atoms with van der Waals surface area (Å²) in [6.07, 6.45) is 3.26. The fourth-order valence-corrected chi connectivity index (χ4v) is 3.83. The molecule has 1 amide bonds. The molecule has 3 rings (SSSR count). The predicted octanol–water partition coefficient (Wildman–Crippen LogP) is 5.67. The molecule has 0 aliphatic rings. The number of nitriles is 1. The number of carbonyl (C=O) groups excluding carboxylic acids is 1. The van der Waals surface area contributed by atoms with Gasteiger partial charge in [0, 0.05) is 29.8 Å². The molecule has 2 N–H and O–H groups in total. The number of hydrogen-bond acceptors (Lipinski definition) is 7. The Morgan fingerprint density at radius 1 is 1.17 bits per heavy atom. The maximum Gasteiger partial charge on any atom is 0.248 e. The Morgan fingerprint density at radius 3 is 2.53 bits per heavy atom. The lowest BCUT2D eigenvalue weighted by molar-refractivity contribution is -0.111. The zero-order valence-corrected chi connectivity index (χ0v) is 21.9. The smallest absolute Gasteiger partial charge is 0.248 e. The minimum Gasteiger partial charge on any atom is -0.492 e. The van der Waals surface area contributed by atoms with E-state index < -0.39 is 0 Å². The van der Waals surface area contributed by atoms with Gasteiger partial charge in [-0.25, -0.2) is 0 Å². The van der Waals surface area contributed by atoms with Crippen LogP contribution >= 0.6 is 11.6 Å². The summed E-state index contributed by atoms with van der Waals surface area (Å²) in [6.45, 7) is 7.08. The molecule has 0 atom stereocenters. The fourth-order valence-electron chi connectivity index (χ4n) is 3.59. The highest BCUT2D eigenvalue weighted by atomic mass is 35.5. The number of rotatable bonds is 10. The lowest BCUT2D eigenvalue weighted by atomic mass is 10.0. The van der Waals surface area contributed by atoms with Crippen LogP contribution in [-0.4, -0.2) is 49.6 Å². The third-order valence-electron chi connectivity index (χ3n) is 5.18. The molecule has 188 valence electrons. The number of ether oxygens (including phenoxy) is 2. The average Bonchev–Trinajstić information content (AvgIpc) is 2.82. The SMILES string of the molecule is CCOc1ccc(Nc2c(C#N)c(C)nc3cc(OCC)c(NC(=O)/C=C/CN(C)C)cc23)cc1Cl. The molecule has 0 aliphatic heterocycles. The topological polar surface area (TPSA) is 99.5 Å². The molecule has 1 heterocycles.